The van der Waals surface area contributed by atoms with Crippen molar-refractivity contribution in [3.05, 3.63) is 336 Å². The van der Waals surface area contributed by atoms with Gasteiger partial charge in [-0.25, -0.2) is 0 Å². The fraction of sp³-hybridized carbons (Fsp3) is 0.0244. The van der Waals surface area contributed by atoms with Crippen molar-refractivity contribution in [1.82, 2.24) is 4.57 Å². The van der Waals surface area contributed by atoms with E-state index in [0.717, 1.165) is 17.1 Å². The quantitative estimate of drug-likeness (QED) is 0.167. The molecule has 0 radical (unpaired) electrons. The summed E-state index contributed by atoms with van der Waals surface area (Å²) in [5.41, 5.74) is 26.4. The SMILES string of the molecule is c1ccc2c(c1)-c1cccc3c1-c1c(cc(N(c4ccc5c(c4)-c4ccccc4C54c5ccccc5-c5ccccc54)c4ccc5c(c4)sc4ccccc45)c4c5ccccc5n-2c14)C3(c1ccc2ccccc2c1)c1ccc2ccccc2c1. The first-order valence-corrected chi connectivity index (χ1v) is 30.5. The van der Waals surface area contributed by atoms with Crippen molar-refractivity contribution >= 4 is 91.9 Å². The van der Waals surface area contributed by atoms with Crippen molar-refractivity contribution in [3.8, 4) is 50.2 Å². The van der Waals surface area contributed by atoms with Crippen molar-refractivity contribution in [2.24, 2.45) is 0 Å². The number of thiophene rings is 1. The van der Waals surface area contributed by atoms with Gasteiger partial charge in [0, 0.05) is 53.4 Å². The Kier molecular flexibility index (Phi) is 8.96. The lowest BCUT2D eigenvalue weighted by Gasteiger charge is -2.36. The second kappa shape index (κ2) is 16.6. The molecule has 0 fully saturated rings. The van der Waals surface area contributed by atoms with E-state index in [1.54, 1.807) is 0 Å². The van der Waals surface area contributed by atoms with Crippen molar-refractivity contribution in [2.75, 3.05) is 4.90 Å². The van der Waals surface area contributed by atoms with Gasteiger partial charge in [-0.3, -0.25) is 0 Å². The second-order valence-corrected chi connectivity index (χ2v) is 24.8. The van der Waals surface area contributed by atoms with E-state index < -0.39 is 10.8 Å². The molecule has 3 aliphatic carbocycles. The molecule has 16 aromatic rings. The number of hydrogen-bond acceptors (Lipinski definition) is 2. The Morgan fingerprint density at radius 1 is 0.306 bits per heavy atom. The number of aromatic nitrogens is 1. The van der Waals surface area contributed by atoms with E-state index in [0.29, 0.717) is 0 Å². The fourth-order valence-electron chi connectivity index (χ4n) is 16.7. The Hall–Kier alpha value is -10.6. The smallest absolute Gasteiger partial charge is 0.0725 e. The van der Waals surface area contributed by atoms with Crippen LogP contribution in [0.4, 0.5) is 17.1 Å². The molecule has 0 saturated heterocycles. The van der Waals surface area contributed by atoms with Gasteiger partial charge in [-0.2, -0.15) is 0 Å². The van der Waals surface area contributed by atoms with Crippen LogP contribution < -0.4 is 4.90 Å². The Morgan fingerprint density at radius 3 is 1.55 bits per heavy atom. The molecule has 392 valence electrons. The largest absolute Gasteiger partial charge is 0.310 e. The van der Waals surface area contributed by atoms with Gasteiger partial charge in [0.05, 0.1) is 33.2 Å². The summed E-state index contributed by atoms with van der Waals surface area (Å²) in [5, 5.41) is 9.92. The normalized spacial score (nSPS) is 14.1. The lowest BCUT2D eigenvalue weighted by molar-refractivity contribution is 0.772. The first-order chi connectivity index (χ1) is 42.2. The number of benzene rings is 14. The molecule has 0 bridgehead atoms. The van der Waals surface area contributed by atoms with Crippen LogP contribution in [-0.4, -0.2) is 4.57 Å². The summed E-state index contributed by atoms with van der Waals surface area (Å²) in [6.07, 6.45) is 0. The van der Waals surface area contributed by atoms with E-state index in [9.17, 15) is 0 Å². The number of para-hydroxylation sites is 2. The zero-order chi connectivity index (χ0) is 55.3. The van der Waals surface area contributed by atoms with Crippen LogP contribution in [0.2, 0.25) is 0 Å². The molecule has 4 aliphatic rings. The van der Waals surface area contributed by atoms with Crippen LogP contribution in [0.5, 0.6) is 0 Å². The summed E-state index contributed by atoms with van der Waals surface area (Å²) in [6, 6.07) is 112. The molecule has 0 N–H and O–H groups in total. The molecule has 1 spiro atoms. The lowest BCUT2D eigenvalue weighted by atomic mass is 9.66. The average molecular weight is 1090 g/mol. The maximum atomic E-state index is 2.65. The van der Waals surface area contributed by atoms with Gasteiger partial charge in [-0.05, 0) is 160 Å². The highest BCUT2D eigenvalue weighted by atomic mass is 32.1. The zero-order valence-electron chi connectivity index (χ0n) is 46.0. The highest BCUT2D eigenvalue weighted by Crippen LogP contribution is 2.67. The Morgan fingerprint density at radius 2 is 0.835 bits per heavy atom. The van der Waals surface area contributed by atoms with E-state index in [-0.39, 0.29) is 0 Å². The predicted molar refractivity (Wildman–Crippen MR) is 356 cm³/mol. The molecule has 2 aromatic heterocycles. The highest BCUT2D eigenvalue weighted by molar-refractivity contribution is 7.25. The summed E-state index contributed by atoms with van der Waals surface area (Å²) >= 11 is 1.88. The van der Waals surface area contributed by atoms with Gasteiger partial charge >= 0.3 is 0 Å². The standard InChI is InChI=1S/C82H48N2S/c1-3-20-51-44-53(38-36-49(51)18-1)81(54-39-37-50-19-2-4-21-52(50)45-54)70-32-17-28-63-60-25-8-14-33-72(60)84-73-34-15-9-27-64(73)78-74(48-71(81)79(77(63)70)80(78)84)83(56-40-42-62-61-26-10-16-35-75(61)85-76(62)47-56)55-41-43-69-65(46-55)59-24-7-13-31-68(59)82(69)66-29-11-5-22-57(66)58-23-6-12-30-67(58)82/h1-48H. The van der Waals surface area contributed by atoms with Crippen LogP contribution in [-0.2, 0) is 10.8 Å². The van der Waals surface area contributed by atoms with Gasteiger partial charge in [0.25, 0.3) is 0 Å². The molecule has 0 unspecified atom stereocenters. The second-order valence-electron chi connectivity index (χ2n) is 23.7. The number of hydrogen-bond donors (Lipinski definition) is 0. The van der Waals surface area contributed by atoms with Gasteiger partial charge in [0.2, 0.25) is 0 Å². The van der Waals surface area contributed by atoms with E-state index in [4.69, 9.17) is 0 Å². The molecule has 85 heavy (non-hydrogen) atoms. The minimum atomic E-state index is -0.765. The Bertz CT molecular complexity index is 5530. The van der Waals surface area contributed by atoms with E-state index >= 15 is 0 Å². The monoisotopic (exact) mass is 1090 g/mol. The molecular weight excluding hydrogens is 1040 g/mol. The summed E-state index contributed by atoms with van der Waals surface area (Å²) < 4.78 is 5.19. The minimum Gasteiger partial charge on any atom is -0.310 e. The third-order valence-corrected chi connectivity index (χ3v) is 21.1. The van der Waals surface area contributed by atoms with Crippen LogP contribution >= 0.6 is 11.3 Å². The molecule has 0 amide bonds. The van der Waals surface area contributed by atoms with Gasteiger partial charge in [0.15, 0.2) is 0 Å². The van der Waals surface area contributed by atoms with Crippen LogP contribution in [0.3, 0.4) is 0 Å². The molecule has 3 heterocycles. The number of nitrogens with zero attached hydrogens (tertiary/aromatic N) is 2. The Labute approximate surface area is 495 Å². The third-order valence-electron chi connectivity index (χ3n) is 19.9. The van der Waals surface area contributed by atoms with Gasteiger partial charge in [0.1, 0.15) is 0 Å². The molecule has 3 heteroatoms. The summed E-state index contributed by atoms with van der Waals surface area (Å²) in [4.78, 5) is 2.65. The molecule has 0 saturated carbocycles. The van der Waals surface area contributed by atoms with Crippen LogP contribution in [0.1, 0.15) is 44.5 Å². The van der Waals surface area contributed by atoms with E-state index in [2.05, 4.69) is 301 Å². The van der Waals surface area contributed by atoms with Crippen LogP contribution in [0.25, 0.3) is 114 Å². The minimum absolute atomic E-state index is 0.474. The fourth-order valence-corrected chi connectivity index (χ4v) is 17.8. The highest BCUT2D eigenvalue weighted by Gasteiger charge is 2.53. The number of anilines is 3. The molecule has 14 aromatic carbocycles. The molecule has 1 aliphatic heterocycles. The average Bonchev–Trinajstić information content (AvgIpc) is 1.60. The predicted octanol–water partition coefficient (Wildman–Crippen LogP) is 21.6. The number of fused-ring (bicyclic) bond motifs is 21. The molecular formula is C82H48N2S. The van der Waals surface area contributed by atoms with Gasteiger partial charge < -0.3 is 9.47 Å². The van der Waals surface area contributed by atoms with Crippen molar-refractivity contribution in [2.45, 2.75) is 10.8 Å². The molecule has 0 atom stereocenters. The van der Waals surface area contributed by atoms with E-state index in [1.807, 2.05) is 11.3 Å². The van der Waals surface area contributed by atoms with Gasteiger partial charge in [-0.1, -0.05) is 231 Å². The molecule has 20 rings (SSSR count). The maximum absolute atomic E-state index is 2.65. The van der Waals surface area contributed by atoms with Crippen LogP contribution in [0.15, 0.2) is 291 Å². The Balaban J connectivity index is 0.967. The first-order valence-electron chi connectivity index (χ1n) is 29.6. The topological polar surface area (TPSA) is 8.17 Å². The van der Waals surface area contributed by atoms with Crippen LogP contribution in [0, 0.1) is 0 Å². The van der Waals surface area contributed by atoms with Crippen molar-refractivity contribution in [3.63, 3.8) is 0 Å². The lowest BCUT2D eigenvalue weighted by Crippen LogP contribution is -2.29. The summed E-state index contributed by atoms with van der Waals surface area (Å²) in [7, 11) is 0. The van der Waals surface area contributed by atoms with Gasteiger partial charge in [-0.15, -0.1) is 11.3 Å². The van der Waals surface area contributed by atoms with Crippen molar-refractivity contribution < 1.29 is 0 Å². The zero-order valence-corrected chi connectivity index (χ0v) is 46.8. The number of rotatable bonds is 5. The third kappa shape index (κ3) is 5.74. The molecule has 2 nitrogen and oxygen atoms in total. The summed E-state index contributed by atoms with van der Waals surface area (Å²) in [6.45, 7) is 0. The van der Waals surface area contributed by atoms with E-state index in [1.165, 1.54) is 158 Å². The van der Waals surface area contributed by atoms with Crippen molar-refractivity contribution in [1.29, 1.82) is 0 Å². The summed E-state index contributed by atoms with van der Waals surface area (Å²) in [5.74, 6) is 0. The maximum Gasteiger partial charge on any atom is 0.0725 e. The first kappa shape index (κ1) is 46.0.